The number of rotatable bonds is 3. The van der Waals surface area contributed by atoms with Crippen molar-refractivity contribution >= 4 is 11.8 Å². The lowest BCUT2D eigenvalue weighted by molar-refractivity contribution is 0.402. The second kappa shape index (κ2) is 5.13. The Labute approximate surface area is 80.7 Å². The molecule has 12 heavy (non-hydrogen) atoms. The Hall–Kier alpha value is 0.310. The van der Waals surface area contributed by atoms with Gasteiger partial charge in [0.2, 0.25) is 0 Å². The number of hydrogen-bond donors (Lipinski definition) is 1. The van der Waals surface area contributed by atoms with Crippen molar-refractivity contribution in [2.75, 3.05) is 7.05 Å². The summed E-state index contributed by atoms with van der Waals surface area (Å²) in [5.41, 5.74) is 0. The van der Waals surface area contributed by atoms with E-state index in [9.17, 15) is 0 Å². The molecule has 1 rings (SSSR count). The fraction of sp³-hybridized carbons (Fsp3) is 1.00. The van der Waals surface area contributed by atoms with Gasteiger partial charge < -0.3 is 5.32 Å². The first kappa shape index (κ1) is 10.4. The van der Waals surface area contributed by atoms with Gasteiger partial charge in [0.15, 0.2) is 0 Å². The molecular weight excluding hydrogens is 166 g/mol. The quantitative estimate of drug-likeness (QED) is 0.729. The first-order chi connectivity index (χ1) is 5.72. The lowest BCUT2D eigenvalue weighted by atomic mass is 9.95. The summed E-state index contributed by atoms with van der Waals surface area (Å²) in [5, 5.41) is 5.10. The lowest BCUT2D eigenvalue weighted by Crippen LogP contribution is -2.32. The summed E-state index contributed by atoms with van der Waals surface area (Å²) >= 11 is 2.15. The molecule has 0 aliphatic heterocycles. The number of thioether (sulfide) groups is 1. The Kier molecular flexibility index (Phi) is 4.44. The van der Waals surface area contributed by atoms with Crippen LogP contribution in [0.1, 0.15) is 39.5 Å². The first-order valence-electron chi connectivity index (χ1n) is 5.05. The van der Waals surface area contributed by atoms with E-state index >= 15 is 0 Å². The Morgan fingerprint density at radius 1 is 1.33 bits per heavy atom. The van der Waals surface area contributed by atoms with Gasteiger partial charge in [-0.05, 0) is 31.6 Å². The lowest BCUT2D eigenvalue weighted by Gasteiger charge is -2.29. The van der Waals surface area contributed by atoms with Gasteiger partial charge in [-0.1, -0.05) is 20.3 Å². The van der Waals surface area contributed by atoms with Gasteiger partial charge in [-0.15, -0.1) is 0 Å². The van der Waals surface area contributed by atoms with Crippen molar-refractivity contribution < 1.29 is 0 Å². The molecule has 2 atom stereocenters. The summed E-state index contributed by atoms with van der Waals surface area (Å²) in [6, 6.07) is 0.787. The van der Waals surface area contributed by atoms with Crippen LogP contribution in [0.2, 0.25) is 0 Å². The zero-order valence-corrected chi connectivity index (χ0v) is 9.29. The Bertz CT molecular complexity index is 125. The third-order valence-corrected chi connectivity index (χ3v) is 3.86. The molecule has 1 nitrogen and oxygen atoms in total. The van der Waals surface area contributed by atoms with Crippen molar-refractivity contribution in [1.29, 1.82) is 0 Å². The van der Waals surface area contributed by atoms with Crippen LogP contribution < -0.4 is 5.32 Å². The van der Waals surface area contributed by atoms with Crippen LogP contribution in [0.25, 0.3) is 0 Å². The van der Waals surface area contributed by atoms with Crippen molar-refractivity contribution in [2.24, 2.45) is 0 Å². The molecule has 0 saturated heterocycles. The average molecular weight is 187 g/mol. The van der Waals surface area contributed by atoms with Crippen LogP contribution >= 0.6 is 11.8 Å². The molecule has 0 aromatic rings. The fourth-order valence-corrected chi connectivity index (χ4v) is 3.33. The second-order valence-corrected chi connectivity index (χ2v) is 5.84. The van der Waals surface area contributed by atoms with Crippen molar-refractivity contribution in [1.82, 2.24) is 5.32 Å². The van der Waals surface area contributed by atoms with Crippen molar-refractivity contribution in [3.05, 3.63) is 0 Å². The molecule has 1 saturated carbocycles. The van der Waals surface area contributed by atoms with E-state index in [-0.39, 0.29) is 0 Å². The molecule has 0 bridgehead atoms. The van der Waals surface area contributed by atoms with Crippen LogP contribution in [0.15, 0.2) is 0 Å². The molecule has 2 unspecified atom stereocenters. The monoisotopic (exact) mass is 187 g/mol. The highest BCUT2D eigenvalue weighted by atomic mass is 32.2. The van der Waals surface area contributed by atoms with Gasteiger partial charge in [0.05, 0.1) is 0 Å². The van der Waals surface area contributed by atoms with Gasteiger partial charge >= 0.3 is 0 Å². The standard InChI is InChI=1S/C10H21NS/c1-8(2)12-10-6-4-5-9(7-10)11-3/h8-11H,4-7H2,1-3H3. The van der Waals surface area contributed by atoms with Gasteiger partial charge in [0, 0.05) is 11.3 Å². The molecule has 1 N–H and O–H groups in total. The van der Waals surface area contributed by atoms with Gasteiger partial charge in [0.1, 0.15) is 0 Å². The predicted octanol–water partition coefficient (Wildman–Crippen LogP) is 2.66. The third-order valence-electron chi connectivity index (χ3n) is 2.50. The van der Waals surface area contributed by atoms with E-state index in [1.807, 2.05) is 0 Å². The molecule has 72 valence electrons. The maximum absolute atomic E-state index is 3.39. The molecular formula is C10H21NS. The van der Waals surface area contributed by atoms with E-state index in [1.54, 1.807) is 0 Å². The van der Waals surface area contributed by atoms with Crippen molar-refractivity contribution in [3.63, 3.8) is 0 Å². The summed E-state index contributed by atoms with van der Waals surface area (Å²) < 4.78 is 0. The molecule has 1 aliphatic carbocycles. The van der Waals surface area contributed by atoms with E-state index < -0.39 is 0 Å². The Morgan fingerprint density at radius 2 is 2.08 bits per heavy atom. The molecule has 2 heteroatoms. The number of nitrogens with one attached hydrogen (secondary N) is 1. The summed E-state index contributed by atoms with van der Waals surface area (Å²) in [5.74, 6) is 0. The molecule has 0 spiro atoms. The highest BCUT2D eigenvalue weighted by molar-refractivity contribution is 8.00. The second-order valence-electron chi connectivity index (χ2n) is 3.96. The highest BCUT2D eigenvalue weighted by Crippen LogP contribution is 2.30. The number of hydrogen-bond acceptors (Lipinski definition) is 2. The van der Waals surface area contributed by atoms with E-state index in [1.165, 1.54) is 25.7 Å². The van der Waals surface area contributed by atoms with Crippen LogP contribution in [0, 0.1) is 0 Å². The minimum Gasteiger partial charge on any atom is -0.317 e. The zero-order valence-electron chi connectivity index (χ0n) is 8.47. The highest BCUT2D eigenvalue weighted by Gasteiger charge is 2.21. The van der Waals surface area contributed by atoms with Crippen LogP contribution in [-0.4, -0.2) is 23.6 Å². The molecule has 0 heterocycles. The Balaban J connectivity index is 2.25. The maximum Gasteiger partial charge on any atom is 0.00746 e. The fourth-order valence-electron chi connectivity index (χ4n) is 1.92. The van der Waals surface area contributed by atoms with E-state index in [0.717, 1.165) is 16.5 Å². The van der Waals surface area contributed by atoms with E-state index in [0.29, 0.717) is 0 Å². The normalized spacial score (nSPS) is 31.0. The van der Waals surface area contributed by atoms with Gasteiger partial charge in [-0.2, -0.15) is 11.8 Å². The summed E-state index contributed by atoms with van der Waals surface area (Å²) in [7, 11) is 2.09. The summed E-state index contributed by atoms with van der Waals surface area (Å²) in [6.45, 7) is 4.60. The van der Waals surface area contributed by atoms with Crippen LogP contribution in [0.4, 0.5) is 0 Å². The van der Waals surface area contributed by atoms with E-state index in [2.05, 4.69) is 38.0 Å². The smallest absolute Gasteiger partial charge is 0.00746 e. The van der Waals surface area contributed by atoms with Crippen molar-refractivity contribution in [3.8, 4) is 0 Å². The Morgan fingerprint density at radius 3 is 2.67 bits per heavy atom. The third kappa shape index (κ3) is 3.36. The van der Waals surface area contributed by atoms with Gasteiger partial charge in [-0.25, -0.2) is 0 Å². The van der Waals surface area contributed by atoms with Crippen LogP contribution in [0.3, 0.4) is 0 Å². The average Bonchev–Trinajstić information content (AvgIpc) is 2.03. The van der Waals surface area contributed by atoms with Gasteiger partial charge in [0.25, 0.3) is 0 Å². The molecule has 0 amide bonds. The molecule has 1 fully saturated rings. The summed E-state index contributed by atoms with van der Waals surface area (Å²) in [4.78, 5) is 0. The van der Waals surface area contributed by atoms with Crippen LogP contribution in [0.5, 0.6) is 0 Å². The SMILES string of the molecule is CNC1CCCC(SC(C)C)C1. The molecule has 1 aliphatic rings. The van der Waals surface area contributed by atoms with Gasteiger partial charge in [-0.3, -0.25) is 0 Å². The summed E-state index contributed by atoms with van der Waals surface area (Å²) in [6.07, 6.45) is 5.60. The maximum atomic E-state index is 3.39. The minimum absolute atomic E-state index is 0.787. The largest absolute Gasteiger partial charge is 0.317 e. The minimum atomic E-state index is 0.787. The van der Waals surface area contributed by atoms with Crippen LogP contribution in [-0.2, 0) is 0 Å². The predicted molar refractivity (Wildman–Crippen MR) is 57.8 cm³/mol. The molecule has 0 aromatic heterocycles. The molecule has 0 radical (unpaired) electrons. The molecule has 0 aromatic carbocycles. The van der Waals surface area contributed by atoms with E-state index in [4.69, 9.17) is 0 Å². The topological polar surface area (TPSA) is 12.0 Å². The zero-order chi connectivity index (χ0) is 8.97. The first-order valence-corrected chi connectivity index (χ1v) is 5.99. The van der Waals surface area contributed by atoms with Crippen molar-refractivity contribution in [2.45, 2.75) is 56.1 Å².